The minimum atomic E-state index is -3.60. The Hall–Kier alpha value is -1.50. The van der Waals surface area contributed by atoms with E-state index in [1.54, 1.807) is 30.5 Å². The molecule has 6 heteroatoms. The van der Waals surface area contributed by atoms with Gasteiger partial charge in [-0.25, -0.2) is 13.1 Å². The first-order valence-electron chi connectivity index (χ1n) is 6.93. The van der Waals surface area contributed by atoms with Crippen molar-refractivity contribution in [1.82, 2.24) is 9.71 Å². The highest BCUT2D eigenvalue weighted by Crippen LogP contribution is 2.24. The maximum absolute atomic E-state index is 12.6. The first kappa shape index (κ1) is 15.9. The molecule has 0 aliphatic rings. The number of pyridine rings is 1. The minimum absolute atomic E-state index is 0.0645. The topological polar surface area (TPSA) is 85.1 Å². The van der Waals surface area contributed by atoms with Crippen molar-refractivity contribution in [1.29, 1.82) is 0 Å². The Bertz CT molecular complexity index is 744. The summed E-state index contributed by atoms with van der Waals surface area (Å²) in [5.74, 6) is 0.0645. The number of hydrogen-bond donors (Lipinski definition) is 2. The SMILES string of the molecule is Cc1ccc(S(=O)(=O)NC(C)C(C)CN)c2cccnc12. The molecule has 0 amide bonds. The molecule has 2 rings (SSSR count). The zero-order valence-corrected chi connectivity index (χ0v) is 13.3. The van der Waals surface area contributed by atoms with Crippen LogP contribution in [0.1, 0.15) is 19.4 Å². The normalized spacial score (nSPS) is 15.0. The fraction of sp³-hybridized carbons (Fsp3) is 0.400. The van der Waals surface area contributed by atoms with Crippen molar-refractivity contribution in [2.45, 2.75) is 31.7 Å². The molecule has 1 aromatic heterocycles. The van der Waals surface area contributed by atoms with Gasteiger partial charge in [-0.15, -0.1) is 0 Å². The Morgan fingerprint density at radius 2 is 2.00 bits per heavy atom. The number of sulfonamides is 1. The fourth-order valence-electron chi connectivity index (χ4n) is 2.15. The lowest BCUT2D eigenvalue weighted by Gasteiger charge is -2.20. The summed E-state index contributed by atoms with van der Waals surface area (Å²) in [4.78, 5) is 4.53. The maximum atomic E-state index is 12.6. The molecule has 5 nitrogen and oxygen atoms in total. The molecule has 1 heterocycles. The highest BCUT2D eigenvalue weighted by Gasteiger charge is 2.22. The largest absolute Gasteiger partial charge is 0.330 e. The predicted molar refractivity (Wildman–Crippen MR) is 84.5 cm³/mol. The number of aryl methyl sites for hydroxylation is 1. The van der Waals surface area contributed by atoms with Crippen molar-refractivity contribution in [3.05, 3.63) is 36.0 Å². The molecule has 0 saturated carbocycles. The first-order chi connectivity index (χ1) is 9.86. The third-order valence-electron chi connectivity index (χ3n) is 3.79. The lowest BCUT2D eigenvalue weighted by atomic mass is 10.1. The van der Waals surface area contributed by atoms with Crippen molar-refractivity contribution in [2.75, 3.05) is 6.54 Å². The van der Waals surface area contributed by atoms with Gasteiger partial charge in [-0.2, -0.15) is 0 Å². The van der Waals surface area contributed by atoms with Crippen LogP contribution in [0.15, 0.2) is 35.4 Å². The van der Waals surface area contributed by atoms with Crippen molar-refractivity contribution in [2.24, 2.45) is 11.7 Å². The summed E-state index contributed by atoms with van der Waals surface area (Å²) < 4.78 is 27.9. The summed E-state index contributed by atoms with van der Waals surface area (Å²) in [5.41, 5.74) is 7.26. The van der Waals surface area contributed by atoms with Gasteiger partial charge in [-0.3, -0.25) is 4.98 Å². The molecule has 2 aromatic rings. The van der Waals surface area contributed by atoms with Gasteiger partial charge in [0.2, 0.25) is 10.0 Å². The van der Waals surface area contributed by atoms with Crippen LogP contribution in [0.4, 0.5) is 0 Å². The summed E-state index contributed by atoms with van der Waals surface area (Å²) in [7, 11) is -3.60. The predicted octanol–water partition coefficient (Wildman–Crippen LogP) is 1.80. The van der Waals surface area contributed by atoms with Crippen molar-refractivity contribution >= 4 is 20.9 Å². The number of rotatable bonds is 5. The Morgan fingerprint density at radius 1 is 1.29 bits per heavy atom. The van der Waals surface area contributed by atoms with Crippen molar-refractivity contribution in [3.8, 4) is 0 Å². The molecule has 2 atom stereocenters. The molecule has 0 saturated heterocycles. The van der Waals surface area contributed by atoms with Crippen LogP contribution in [0.2, 0.25) is 0 Å². The molecular formula is C15H21N3O2S. The standard InChI is InChI=1S/C15H21N3O2S/c1-10-6-7-14(13-5-4-8-17-15(10)13)21(19,20)18-12(3)11(2)9-16/h4-8,11-12,18H,9,16H2,1-3H3. The van der Waals surface area contributed by atoms with Gasteiger partial charge in [0.05, 0.1) is 10.4 Å². The highest BCUT2D eigenvalue weighted by atomic mass is 32.2. The Balaban J connectivity index is 2.48. The van der Waals surface area contributed by atoms with Crippen LogP contribution in [0.5, 0.6) is 0 Å². The molecule has 3 N–H and O–H groups in total. The lowest BCUT2D eigenvalue weighted by molar-refractivity contribution is 0.453. The van der Waals surface area contributed by atoms with Crippen LogP contribution < -0.4 is 10.5 Å². The maximum Gasteiger partial charge on any atom is 0.241 e. The quantitative estimate of drug-likeness (QED) is 0.882. The molecule has 0 radical (unpaired) electrons. The van der Waals surface area contributed by atoms with Gasteiger partial charge in [-0.05, 0) is 50.1 Å². The zero-order chi connectivity index (χ0) is 15.6. The summed E-state index contributed by atoms with van der Waals surface area (Å²) in [5, 5.41) is 0.637. The second-order valence-electron chi connectivity index (χ2n) is 5.40. The summed E-state index contributed by atoms with van der Waals surface area (Å²) >= 11 is 0. The third-order valence-corrected chi connectivity index (χ3v) is 5.40. The third kappa shape index (κ3) is 3.23. The molecule has 114 valence electrons. The first-order valence-corrected chi connectivity index (χ1v) is 8.42. The van der Waals surface area contributed by atoms with E-state index in [2.05, 4.69) is 9.71 Å². The van der Waals surface area contributed by atoms with E-state index in [0.29, 0.717) is 17.4 Å². The zero-order valence-electron chi connectivity index (χ0n) is 12.5. The summed E-state index contributed by atoms with van der Waals surface area (Å²) in [6.07, 6.45) is 1.66. The molecular weight excluding hydrogens is 286 g/mol. The van der Waals surface area contributed by atoms with Gasteiger partial charge in [0.25, 0.3) is 0 Å². The number of aromatic nitrogens is 1. The molecule has 1 aromatic carbocycles. The number of nitrogens with two attached hydrogens (primary N) is 1. The number of nitrogens with zero attached hydrogens (tertiary/aromatic N) is 1. The number of nitrogens with one attached hydrogen (secondary N) is 1. The smallest absolute Gasteiger partial charge is 0.241 e. The molecule has 0 aliphatic carbocycles. The van der Waals surface area contributed by atoms with E-state index in [4.69, 9.17) is 5.73 Å². The van der Waals surface area contributed by atoms with E-state index in [-0.39, 0.29) is 16.9 Å². The number of hydrogen-bond acceptors (Lipinski definition) is 4. The van der Waals surface area contributed by atoms with Crippen LogP contribution in [0.3, 0.4) is 0 Å². The molecule has 0 bridgehead atoms. The monoisotopic (exact) mass is 307 g/mol. The van der Waals surface area contributed by atoms with Crippen LogP contribution in [0, 0.1) is 12.8 Å². The van der Waals surface area contributed by atoms with Crippen molar-refractivity contribution in [3.63, 3.8) is 0 Å². The van der Waals surface area contributed by atoms with Crippen molar-refractivity contribution < 1.29 is 8.42 Å². The molecule has 0 spiro atoms. The Labute approximate surface area is 125 Å². The Morgan fingerprint density at radius 3 is 2.67 bits per heavy atom. The van der Waals surface area contributed by atoms with E-state index >= 15 is 0 Å². The summed E-state index contributed by atoms with van der Waals surface area (Å²) in [6, 6.07) is 6.70. The average Bonchev–Trinajstić information content (AvgIpc) is 2.46. The van der Waals surface area contributed by atoms with E-state index < -0.39 is 10.0 Å². The van der Waals surface area contributed by atoms with Gasteiger partial charge in [-0.1, -0.05) is 13.0 Å². The fourth-order valence-corrected chi connectivity index (χ4v) is 3.70. The highest BCUT2D eigenvalue weighted by molar-refractivity contribution is 7.89. The van der Waals surface area contributed by atoms with Gasteiger partial charge >= 0.3 is 0 Å². The average molecular weight is 307 g/mol. The van der Waals surface area contributed by atoms with Gasteiger partial charge in [0.15, 0.2) is 0 Å². The number of fused-ring (bicyclic) bond motifs is 1. The molecule has 0 aliphatic heterocycles. The molecule has 0 fully saturated rings. The summed E-state index contributed by atoms with van der Waals surface area (Å²) in [6.45, 7) is 6.09. The molecule has 2 unspecified atom stereocenters. The van der Waals surface area contributed by atoms with E-state index in [9.17, 15) is 8.42 Å². The second-order valence-corrected chi connectivity index (χ2v) is 7.09. The minimum Gasteiger partial charge on any atom is -0.330 e. The molecule has 21 heavy (non-hydrogen) atoms. The van der Waals surface area contributed by atoms with E-state index in [1.807, 2.05) is 20.8 Å². The van der Waals surface area contributed by atoms with Gasteiger partial charge < -0.3 is 5.73 Å². The van der Waals surface area contributed by atoms with Crippen LogP contribution in [0.25, 0.3) is 10.9 Å². The van der Waals surface area contributed by atoms with Crippen LogP contribution in [-0.4, -0.2) is 26.0 Å². The van der Waals surface area contributed by atoms with E-state index in [0.717, 1.165) is 5.56 Å². The number of benzene rings is 1. The Kier molecular flexibility index (Phi) is 4.61. The lowest BCUT2D eigenvalue weighted by Crippen LogP contribution is -2.39. The van der Waals surface area contributed by atoms with Gasteiger partial charge in [0, 0.05) is 17.6 Å². The van der Waals surface area contributed by atoms with Crippen LogP contribution >= 0.6 is 0 Å². The van der Waals surface area contributed by atoms with E-state index in [1.165, 1.54) is 0 Å². The van der Waals surface area contributed by atoms with Gasteiger partial charge in [0.1, 0.15) is 0 Å². The second kappa shape index (κ2) is 6.09. The van der Waals surface area contributed by atoms with Crippen LogP contribution in [-0.2, 0) is 10.0 Å².